The van der Waals surface area contributed by atoms with E-state index in [1.807, 2.05) is 24.3 Å². The second-order valence-corrected chi connectivity index (χ2v) is 25.1. The summed E-state index contributed by atoms with van der Waals surface area (Å²) in [6.45, 7) is 29.2. The van der Waals surface area contributed by atoms with E-state index < -0.39 is 0 Å². The Morgan fingerprint density at radius 3 is 0.684 bits per heavy atom. The summed E-state index contributed by atoms with van der Waals surface area (Å²) in [6.07, 6.45) is 10.6. The van der Waals surface area contributed by atoms with Crippen LogP contribution in [0.4, 0.5) is 22.7 Å². The van der Waals surface area contributed by atoms with Gasteiger partial charge in [0, 0.05) is 55.8 Å². The molecule has 12 aliphatic rings. The zero-order chi connectivity index (χ0) is 54.8. The molecule has 10 aliphatic heterocycles. The topological polar surface area (TPSA) is 116 Å². The zero-order valence-electron chi connectivity index (χ0n) is 47.8. The largest absolute Gasteiger partial charge is 0.322 e. The third-order valence-electron chi connectivity index (χ3n) is 17.4. The maximum absolute atomic E-state index is 14.6. The van der Waals surface area contributed by atoms with Gasteiger partial charge in [0.1, 0.15) is 0 Å². The number of hydrogen-bond donors (Lipinski definition) is 4. The molecular weight excluding hydrogens is 937 g/mol. The van der Waals surface area contributed by atoms with E-state index in [1.54, 1.807) is 12.1 Å². The molecule has 0 saturated heterocycles. The molecule has 0 atom stereocenters. The molecule has 12 bridgehead atoms. The van der Waals surface area contributed by atoms with Crippen LogP contribution in [0.25, 0.3) is 0 Å². The van der Waals surface area contributed by atoms with Crippen LogP contribution in [0.5, 0.6) is 0 Å². The zero-order valence-corrected chi connectivity index (χ0v) is 47.8. The van der Waals surface area contributed by atoms with Crippen LogP contribution in [0.1, 0.15) is 225 Å². The molecule has 2 saturated carbocycles. The normalized spacial score (nSPS) is 17.0. The molecule has 6 aromatic rings. The van der Waals surface area contributed by atoms with Crippen molar-refractivity contribution in [3.8, 4) is 0 Å². The summed E-state index contributed by atoms with van der Waals surface area (Å²) in [7, 11) is 0. The van der Waals surface area contributed by atoms with E-state index in [0.29, 0.717) is 22.3 Å². The van der Waals surface area contributed by atoms with Crippen molar-refractivity contribution in [1.82, 2.24) is 0 Å². The summed E-state index contributed by atoms with van der Waals surface area (Å²) in [6, 6.07) is 29.1. The highest BCUT2D eigenvalue weighted by Gasteiger charge is 2.39. The van der Waals surface area contributed by atoms with Crippen molar-refractivity contribution < 1.29 is 19.2 Å². The Morgan fingerprint density at radius 2 is 0.500 bits per heavy atom. The predicted octanol–water partition coefficient (Wildman–Crippen LogP) is 16.6. The van der Waals surface area contributed by atoms with Crippen molar-refractivity contribution in [2.24, 2.45) is 0 Å². The lowest BCUT2D eigenvalue weighted by molar-refractivity contribution is 0.101. The number of hydrogen-bond acceptors (Lipinski definition) is 4. The molecule has 4 N–H and O–H groups in total. The molecule has 0 aromatic heterocycles. The number of carbonyl (C=O) groups is 4. The van der Waals surface area contributed by atoms with Crippen LogP contribution in [0.2, 0.25) is 0 Å². The van der Waals surface area contributed by atoms with E-state index in [-0.39, 0.29) is 45.3 Å². The van der Waals surface area contributed by atoms with Crippen LogP contribution in [0, 0.1) is 55.4 Å². The number of aryl methyl sites for hydroxylation is 8. The van der Waals surface area contributed by atoms with Gasteiger partial charge in [-0.1, -0.05) is 129 Å². The van der Waals surface area contributed by atoms with E-state index in [1.165, 1.54) is 35.1 Å². The van der Waals surface area contributed by atoms with E-state index >= 15 is 0 Å². The van der Waals surface area contributed by atoms with E-state index in [4.69, 9.17) is 0 Å². The van der Waals surface area contributed by atoms with Gasteiger partial charge in [-0.25, -0.2) is 0 Å². The summed E-state index contributed by atoms with van der Waals surface area (Å²) in [4.78, 5) is 58.3. The SMILES string of the molecule is Cc1cc2cc(C)c1NC(=O)c1cc(cc(C(C)(C)C)c1)C(=O)Nc1c(C)cc(cc1C)C1(CCCCC1)c1cc(C)c(c(C)c1)NC(=O)c1cc(cc(C(C)(C)C)c1)C(=O)Nc1c(C)cc(cc1C)C21CCCCC1. The lowest BCUT2D eigenvalue weighted by atomic mass is 9.64. The van der Waals surface area contributed by atoms with Gasteiger partial charge in [-0.05, 0) is 206 Å². The molecule has 2 fully saturated rings. The van der Waals surface area contributed by atoms with Crippen molar-refractivity contribution in [3.05, 3.63) is 185 Å². The Bertz CT molecular complexity index is 2850. The maximum atomic E-state index is 14.6. The van der Waals surface area contributed by atoms with Crippen LogP contribution in [-0.4, -0.2) is 23.6 Å². The molecule has 18 rings (SSSR count). The minimum atomic E-state index is -0.340. The Morgan fingerprint density at radius 1 is 0.303 bits per heavy atom. The lowest BCUT2D eigenvalue weighted by Crippen LogP contribution is -2.31. The first kappa shape index (κ1) is 54.0. The standard InChI is InChI=1S/C68H80N4O4/c1-39-25-53-26-40(2)57(39)69-61(73)47-33-48(36-51(35-47)65(9,10)11)62(74)71-59-43(5)29-55(30-44(59)6)68(23-19-16-20-24-68)56-31-45(7)60(46(8)32-56)72-64(76)50-34-49(37-52(38-50)66(12,13)14)63(75)70-58-41(3)27-54(28-42(58)4)67(53)21-17-15-18-22-67/h25-38H,15-24H2,1-14H3,(H,69,73)(H,70,75)(H,71,74)(H,72,76). The van der Waals surface area contributed by atoms with Gasteiger partial charge in [-0.15, -0.1) is 0 Å². The van der Waals surface area contributed by atoms with Crippen molar-refractivity contribution >= 4 is 46.4 Å². The quantitative estimate of drug-likeness (QED) is 0.121. The summed E-state index contributed by atoms with van der Waals surface area (Å²) in [5, 5.41) is 13.2. The number of anilines is 4. The molecule has 0 radical (unpaired) electrons. The maximum Gasteiger partial charge on any atom is 0.255 e. The first-order valence-electron chi connectivity index (χ1n) is 27.8. The summed E-state index contributed by atoms with van der Waals surface area (Å²) in [5.41, 5.74) is 18.0. The molecule has 8 heteroatoms. The van der Waals surface area contributed by atoms with Gasteiger partial charge in [0.2, 0.25) is 0 Å². The number of carbonyl (C=O) groups excluding carboxylic acids is 4. The van der Waals surface area contributed by atoms with Crippen LogP contribution < -0.4 is 21.3 Å². The van der Waals surface area contributed by atoms with Crippen LogP contribution in [-0.2, 0) is 21.7 Å². The molecule has 10 heterocycles. The van der Waals surface area contributed by atoms with E-state index in [0.717, 1.165) is 130 Å². The molecule has 4 amide bonds. The predicted molar refractivity (Wildman–Crippen MR) is 313 cm³/mol. The fraction of sp³-hybridized carbons (Fsp3) is 0.412. The minimum absolute atomic E-state index is 0.266. The Kier molecular flexibility index (Phi) is 14.4. The van der Waals surface area contributed by atoms with Gasteiger partial charge in [-0.2, -0.15) is 0 Å². The van der Waals surface area contributed by atoms with Crippen LogP contribution in [0.3, 0.4) is 0 Å². The molecule has 2 spiro atoms. The van der Waals surface area contributed by atoms with Crippen molar-refractivity contribution in [3.63, 3.8) is 0 Å². The summed E-state index contributed by atoms with van der Waals surface area (Å²) < 4.78 is 0. The molecular formula is C68H80N4O4. The van der Waals surface area contributed by atoms with Gasteiger partial charge >= 0.3 is 0 Å². The monoisotopic (exact) mass is 1020 g/mol. The third-order valence-corrected chi connectivity index (χ3v) is 17.4. The third kappa shape index (κ3) is 10.3. The van der Waals surface area contributed by atoms with Crippen LogP contribution in [0.15, 0.2) is 84.9 Å². The smallest absolute Gasteiger partial charge is 0.255 e. The Hall–Kier alpha value is -6.80. The molecule has 6 aromatic carbocycles. The molecule has 396 valence electrons. The highest BCUT2D eigenvalue weighted by Crippen LogP contribution is 2.49. The highest BCUT2D eigenvalue weighted by atomic mass is 16.2. The number of benzene rings is 6. The highest BCUT2D eigenvalue weighted by molar-refractivity contribution is 6.11. The Labute approximate surface area is 452 Å². The second-order valence-electron chi connectivity index (χ2n) is 25.1. The van der Waals surface area contributed by atoms with Gasteiger partial charge in [0.25, 0.3) is 23.6 Å². The first-order valence-corrected chi connectivity index (χ1v) is 27.8. The summed E-state index contributed by atoms with van der Waals surface area (Å²) >= 11 is 0. The first-order chi connectivity index (χ1) is 35.8. The summed E-state index contributed by atoms with van der Waals surface area (Å²) in [5.74, 6) is -1.06. The van der Waals surface area contributed by atoms with Crippen molar-refractivity contribution in [2.45, 2.75) is 183 Å². The number of amides is 4. The van der Waals surface area contributed by atoms with Crippen LogP contribution >= 0.6 is 0 Å². The Balaban J connectivity index is 1.20. The molecule has 0 unspecified atom stereocenters. The van der Waals surface area contributed by atoms with Gasteiger partial charge < -0.3 is 21.3 Å². The van der Waals surface area contributed by atoms with E-state index in [2.05, 4.69) is 167 Å². The number of nitrogens with one attached hydrogen (secondary N) is 4. The molecule has 8 nitrogen and oxygen atoms in total. The second kappa shape index (κ2) is 20.3. The minimum Gasteiger partial charge on any atom is -0.322 e. The van der Waals surface area contributed by atoms with E-state index in [9.17, 15) is 19.2 Å². The fourth-order valence-corrected chi connectivity index (χ4v) is 12.9. The van der Waals surface area contributed by atoms with Gasteiger partial charge in [0.05, 0.1) is 0 Å². The molecule has 2 aliphatic carbocycles. The van der Waals surface area contributed by atoms with Crippen molar-refractivity contribution in [2.75, 3.05) is 21.3 Å². The fourth-order valence-electron chi connectivity index (χ4n) is 12.9. The average molecular weight is 1020 g/mol. The molecule has 76 heavy (non-hydrogen) atoms. The number of rotatable bonds is 0. The van der Waals surface area contributed by atoms with Gasteiger partial charge in [-0.3, -0.25) is 19.2 Å². The van der Waals surface area contributed by atoms with Gasteiger partial charge in [0.15, 0.2) is 0 Å². The average Bonchev–Trinajstić information content (AvgIpc) is 3.37. The lowest BCUT2D eigenvalue weighted by Gasteiger charge is -2.40. The van der Waals surface area contributed by atoms with Crippen molar-refractivity contribution in [1.29, 1.82) is 0 Å².